The van der Waals surface area contributed by atoms with Gasteiger partial charge in [-0.3, -0.25) is 0 Å². The second-order valence-electron chi connectivity index (χ2n) is 5.52. The molecule has 0 aliphatic carbocycles. The summed E-state index contributed by atoms with van der Waals surface area (Å²) in [6.45, 7) is 8.18. The number of hydrogen-bond donors (Lipinski definition) is 0. The van der Waals surface area contributed by atoms with Gasteiger partial charge in [0.15, 0.2) is 0 Å². The molecule has 112 valence electrons. The number of halogens is 1. The predicted octanol–water partition coefficient (Wildman–Crippen LogP) is 3.88. The SMILES string of the molecule is CC(C)COCCn1c(C(C)Cl)nc2ccc(C#N)cc21. The number of benzene rings is 1. The molecule has 21 heavy (non-hydrogen) atoms. The van der Waals surface area contributed by atoms with Crippen molar-refractivity contribution in [3.05, 3.63) is 29.6 Å². The lowest BCUT2D eigenvalue weighted by Crippen LogP contribution is -2.12. The van der Waals surface area contributed by atoms with Crippen molar-refractivity contribution in [1.82, 2.24) is 9.55 Å². The Morgan fingerprint density at radius 2 is 2.14 bits per heavy atom. The number of ether oxygens (including phenoxy) is 1. The molecule has 0 N–H and O–H groups in total. The highest BCUT2D eigenvalue weighted by atomic mass is 35.5. The van der Waals surface area contributed by atoms with Crippen LogP contribution in [0.5, 0.6) is 0 Å². The summed E-state index contributed by atoms with van der Waals surface area (Å²) in [5.41, 5.74) is 2.42. The van der Waals surface area contributed by atoms with E-state index in [1.807, 2.05) is 23.6 Å². The van der Waals surface area contributed by atoms with Gasteiger partial charge in [0, 0.05) is 13.2 Å². The zero-order valence-electron chi connectivity index (χ0n) is 12.6. The molecule has 0 saturated carbocycles. The number of imidazole rings is 1. The zero-order chi connectivity index (χ0) is 15.4. The van der Waals surface area contributed by atoms with Crippen molar-refractivity contribution in [1.29, 1.82) is 5.26 Å². The first-order valence-electron chi connectivity index (χ1n) is 7.15. The fraction of sp³-hybridized carbons (Fsp3) is 0.500. The smallest absolute Gasteiger partial charge is 0.127 e. The normalized spacial score (nSPS) is 12.8. The van der Waals surface area contributed by atoms with Gasteiger partial charge in [-0.15, -0.1) is 11.6 Å². The first kappa shape index (κ1) is 15.8. The number of rotatable bonds is 6. The van der Waals surface area contributed by atoms with E-state index in [0.29, 0.717) is 24.6 Å². The summed E-state index contributed by atoms with van der Waals surface area (Å²) < 4.78 is 7.70. The Balaban J connectivity index is 2.29. The Hall–Kier alpha value is -1.57. The lowest BCUT2D eigenvalue weighted by Gasteiger charge is -2.12. The quantitative estimate of drug-likeness (QED) is 0.601. The molecule has 2 rings (SSSR count). The van der Waals surface area contributed by atoms with Crippen LogP contribution in [0.1, 0.15) is 37.5 Å². The third-order valence-electron chi connectivity index (χ3n) is 3.17. The van der Waals surface area contributed by atoms with Crippen molar-refractivity contribution in [2.75, 3.05) is 13.2 Å². The summed E-state index contributed by atoms with van der Waals surface area (Å²) in [6, 6.07) is 7.66. The van der Waals surface area contributed by atoms with E-state index in [1.165, 1.54) is 0 Å². The average molecular weight is 306 g/mol. The van der Waals surface area contributed by atoms with Gasteiger partial charge in [0.05, 0.1) is 34.7 Å². The molecule has 0 amide bonds. The Morgan fingerprint density at radius 1 is 1.38 bits per heavy atom. The minimum Gasteiger partial charge on any atom is -0.379 e. The van der Waals surface area contributed by atoms with Crippen LogP contribution in [0.4, 0.5) is 0 Å². The Labute approximate surface area is 130 Å². The predicted molar refractivity (Wildman–Crippen MR) is 84.4 cm³/mol. The van der Waals surface area contributed by atoms with Crippen molar-refractivity contribution in [3.8, 4) is 6.07 Å². The van der Waals surface area contributed by atoms with Gasteiger partial charge in [-0.2, -0.15) is 5.26 Å². The van der Waals surface area contributed by atoms with Gasteiger partial charge >= 0.3 is 0 Å². The Morgan fingerprint density at radius 3 is 2.76 bits per heavy atom. The van der Waals surface area contributed by atoms with Gasteiger partial charge in [0.1, 0.15) is 5.82 Å². The average Bonchev–Trinajstić information content (AvgIpc) is 2.81. The van der Waals surface area contributed by atoms with Crippen LogP contribution in [0.15, 0.2) is 18.2 Å². The summed E-state index contributed by atoms with van der Waals surface area (Å²) in [7, 11) is 0. The van der Waals surface area contributed by atoms with Crippen LogP contribution in [-0.4, -0.2) is 22.8 Å². The van der Waals surface area contributed by atoms with Crippen molar-refractivity contribution in [2.45, 2.75) is 32.7 Å². The summed E-state index contributed by atoms with van der Waals surface area (Å²) >= 11 is 6.23. The Bertz CT molecular complexity index is 655. The maximum atomic E-state index is 9.05. The lowest BCUT2D eigenvalue weighted by molar-refractivity contribution is 0.103. The molecule has 0 aliphatic rings. The van der Waals surface area contributed by atoms with Gasteiger partial charge in [-0.05, 0) is 31.0 Å². The molecule has 1 atom stereocenters. The number of fused-ring (bicyclic) bond motifs is 1. The molecule has 1 unspecified atom stereocenters. The minimum atomic E-state index is -0.187. The van der Waals surface area contributed by atoms with E-state index < -0.39 is 0 Å². The molecule has 5 heteroatoms. The molecular weight excluding hydrogens is 286 g/mol. The fourth-order valence-electron chi connectivity index (χ4n) is 2.22. The summed E-state index contributed by atoms with van der Waals surface area (Å²) in [6.07, 6.45) is 0. The molecule has 1 heterocycles. The van der Waals surface area contributed by atoms with E-state index in [-0.39, 0.29) is 5.38 Å². The standard InChI is InChI=1S/C16H20ClN3O/c1-11(2)10-21-7-6-20-15-8-13(9-18)4-5-14(15)19-16(20)12(3)17/h4-5,8,11-12H,6-7,10H2,1-3H3. The highest BCUT2D eigenvalue weighted by Crippen LogP contribution is 2.25. The summed E-state index contributed by atoms with van der Waals surface area (Å²) in [5.74, 6) is 1.33. The van der Waals surface area contributed by atoms with E-state index in [4.69, 9.17) is 21.6 Å². The van der Waals surface area contributed by atoms with Crippen LogP contribution in [0.3, 0.4) is 0 Å². The van der Waals surface area contributed by atoms with Gasteiger partial charge in [0.2, 0.25) is 0 Å². The topological polar surface area (TPSA) is 50.8 Å². The zero-order valence-corrected chi connectivity index (χ0v) is 13.4. The van der Waals surface area contributed by atoms with Crippen LogP contribution in [0, 0.1) is 17.2 Å². The molecule has 0 spiro atoms. The third kappa shape index (κ3) is 3.75. The number of nitrogens with zero attached hydrogens (tertiary/aromatic N) is 3. The number of nitriles is 1. The van der Waals surface area contributed by atoms with Gasteiger partial charge < -0.3 is 9.30 Å². The first-order valence-corrected chi connectivity index (χ1v) is 7.58. The number of aromatic nitrogens is 2. The largest absolute Gasteiger partial charge is 0.379 e. The second kappa shape index (κ2) is 6.93. The van der Waals surface area contributed by atoms with Crippen LogP contribution < -0.4 is 0 Å². The van der Waals surface area contributed by atoms with Crippen LogP contribution >= 0.6 is 11.6 Å². The minimum absolute atomic E-state index is 0.187. The maximum Gasteiger partial charge on any atom is 0.127 e. The third-order valence-corrected chi connectivity index (χ3v) is 3.37. The van der Waals surface area contributed by atoms with Crippen LogP contribution in [-0.2, 0) is 11.3 Å². The molecular formula is C16H20ClN3O. The van der Waals surface area contributed by atoms with Crippen molar-refractivity contribution in [2.24, 2.45) is 5.92 Å². The van der Waals surface area contributed by atoms with Crippen molar-refractivity contribution >= 4 is 22.6 Å². The molecule has 1 aromatic heterocycles. The maximum absolute atomic E-state index is 9.05. The molecule has 2 aromatic rings. The van der Waals surface area contributed by atoms with E-state index >= 15 is 0 Å². The van der Waals surface area contributed by atoms with E-state index in [0.717, 1.165) is 23.5 Å². The lowest BCUT2D eigenvalue weighted by atomic mass is 10.2. The molecule has 0 aliphatic heterocycles. The Kier molecular flexibility index (Phi) is 5.22. The molecule has 0 saturated heterocycles. The van der Waals surface area contributed by atoms with E-state index in [9.17, 15) is 0 Å². The first-order chi connectivity index (χ1) is 10.0. The highest BCUT2D eigenvalue weighted by molar-refractivity contribution is 6.20. The van der Waals surface area contributed by atoms with E-state index in [1.54, 1.807) is 6.07 Å². The van der Waals surface area contributed by atoms with Crippen LogP contribution in [0.2, 0.25) is 0 Å². The van der Waals surface area contributed by atoms with Crippen molar-refractivity contribution in [3.63, 3.8) is 0 Å². The number of alkyl halides is 1. The molecule has 1 aromatic carbocycles. The summed E-state index contributed by atoms with van der Waals surface area (Å²) in [5, 5.41) is 8.86. The highest BCUT2D eigenvalue weighted by Gasteiger charge is 2.15. The van der Waals surface area contributed by atoms with E-state index in [2.05, 4.69) is 24.9 Å². The molecule has 4 nitrogen and oxygen atoms in total. The molecule has 0 bridgehead atoms. The molecule has 0 radical (unpaired) electrons. The second-order valence-corrected chi connectivity index (χ2v) is 6.18. The number of hydrogen-bond acceptors (Lipinski definition) is 3. The molecule has 0 fully saturated rings. The summed E-state index contributed by atoms with van der Waals surface area (Å²) in [4.78, 5) is 4.57. The van der Waals surface area contributed by atoms with Crippen LogP contribution in [0.25, 0.3) is 11.0 Å². The monoisotopic (exact) mass is 305 g/mol. The van der Waals surface area contributed by atoms with Gasteiger partial charge in [-0.1, -0.05) is 13.8 Å². The fourth-order valence-corrected chi connectivity index (χ4v) is 2.39. The van der Waals surface area contributed by atoms with Gasteiger partial charge in [0.25, 0.3) is 0 Å². The van der Waals surface area contributed by atoms with Gasteiger partial charge in [-0.25, -0.2) is 4.98 Å². The van der Waals surface area contributed by atoms with Crippen molar-refractivity contribution < 1.29 is 4.74 Å².